The monoisotopic (exact) mass is 468 g/mol. The minimum Gasteiger partial charge on any atom is -0.405 e. The van der Waals surface area contributed by atoms with Gasteiger partial charge in [-0.15, -0.1) is 6.58 Å². The number of hydrogen-bond donors (Lipinski definition) is 1. The van der Waals surface area contributed by atoms with Crippen LogP contribution in [0.4, 0.5) is 0 Å². The van der Waals surface area contributed by atoms with Gasteiger partial charge in [-0.3, -0.25) is 0 Å². The third kappa shape index (κ3) is 4.36. The van der Waals surface area contributed by atoms with Crippen LogP contribution in [0.15, 0.2) is 73.3 Å². The molecule has 2 aromatic carbocycles. The van der Waals surface area contributed by atoms with E-state index in [1.807, 2.05) is 26.0 Å². The van der Waals surface area contributed by atoms with Gasteiger partial charge in [0.1, 0.15) is 18.3 Å². The van der Waals surface area contributed by atoms with Crippen LogP contribution in [0, 0.1) is 0 Å². The Morgan fingerprint density at radius 3 is 2.00 bits per heavy atom. The van der Waals surface area contributed by atoms with E-state index in [1.165, 1.54) is 10.4 Å². The lowest BCUT2D eigenvalue weighted by Gasteiger charge is -2.43. The summed E-state index contributed by atoms with van der Waals surface area (Å²) < 4.78 is 25.4. The second kappa shape index (κ2) is 8.76. The molecule has 6 heteroatoms. The highest BCUT2D eigenvalue weighted by Crippen LogP contribution is 2.45. The summed E-state index contributed by atoms with van der Waals surface area (Å²) in [5.74, 6) is -2.29. The summed E-state index contributed by atoms with van der Waals surface area (Å²) in [5, 5.41) is 13.5. The van der Waals surface area contributed by atoms with Crippen molar-refractivity contribution >= 4 is 18.7 Å². The number of benzene rings is 2. The van der Waals surface area contributed by atoms with Gasteiger partial charge in [-0.1, -0.05) is 87.5 Å². The Balaban J connectivity index is 1.72. The molecule has 0 spiro atoms. The predicted octanol–water partition coefficient (Wildman–Crippen LogP) is 3.75. The summed E-state index contributed by atoms with van der Waals surface area (Å²) in [6.45, 7) is 14.5. The van der Waals surface area contributed by atoms with Crippen molar-refractivity contribution in [2.45, 2.75) is 76.0 Å². The molecule has 2 aliphatic rings. The van der Waals surface area contributed by atoms with Crippen LogP contribution in [0.1, 0.15) is 41.0 Å². The van der Waals surface area contributed by atoms with Crippen molar-refractivity contribution in [3.63, 3.8) is 0 Å². The SMILES string of the molecule is C=CC[C@]1(O)O[C@H](CO[Si](c2ccccc2)(c2ccccc2)C(C)(C)C)[C@H]2OC(C)(C)O[C@H]21. The maximum absolute atomic E-state index is 11.2. The van der Waals surface area contributed by atoms with E-state index in [0.29, 0.717) is 0 Å². The Morgan fingerprint density at radius 1 is 0.970 bits per heavy atom. The van der Waals surface area contributed by atoms with Gasteiger partial charge >= 0.3 is 0 Å². The average molecular weight is 469 g/mol. The summed E-state index contributed by atoms with van der Waals surface area (Å²) in [6.07, 6.45) is 0.408. The summed E-state index contributed by atoms with van der Waals surface area (Å²) in [4.78, 5) is 0. The first kappa shape index (κ1) is 24.3. The van der Waals surface area contributed by atoms with Gasteiger partial charge in [-0.25, -0.2) is 0 Å². The van der Waals surface area contributed by atoms with Gasteiger partial charge in [0.05, 0.1) is 6.61 Å². The first-order chi connectivity index (χ1) is 15.5. The molecule has 2 heterocycles. The third-order valence-corrected chi connectivity index (χ3v) is 11.6. The molecular weight excluding hydrogens is 432 g/mol. The molecule has 178 valence electrons. The minimum atomic E-state index is -2.74. The highest BCUT2D eigenvalue weighted by Gasteiger charge is 2.62. The highest BCUT2D eigenvalue weighted by molar-refractivity contribution is 6.99. The van der Waals surface area contributed by atoms with Crippen molar-refractivity contribution in [2.75, 3.05) is 6.61 Å². The van der Waals surface area contributed by atoms with Crippen molar-refractivity contribution in [3.8, 4) is 0 Å². The van der Waals surface area contributed by atoms with Crippen LogP contribution in [0.25, 0.3) is 0 Å². The third-order valence-electron chi connectivity index (χ3n) is 6.61. The van der Waals surface area contributed by atoms with Crippen LogP contribution < -0.4 is 10.4 Å². The molecular formula is C27H36O5Si. The van der Waals surface area contributed by atoms with E-state index in [-0.39, 0.29) is 18.1 Å². The van der Waals surface area contributed by atoms with Crippen LogP contribution in [0.2, 0.25) is 5.04 Å². The van der Waals surface area contributed by atoms with Crippen molar-refractivity contribution in [1.82, 2.24) is 0 Å². The quantitative estimate of drug-likeness (QED) is 0.496. The molecule has 2 saturated heterocycles. The molecule has 2 aliphatic heterocycles. The molecule has 0 aliphatic carbocycles. The van der Waals surface area contributed by atoms with E-state index in [9.17, 15) is 5.11 Å². The minimum absolute atomic E-state index is 0.155. The Morgan fingerprint density at radius 2 is 1.52 bits per heavy atom. The molecule has 4 atom stereocenters. The topological polar surface area (TPSA) is 57.2 Å². The molecule has 33 heavy (non-hydrogen) atoms. The molecule has 2 fully saturated rings. The zero-order valence-electron chi connectivity index (χ0n) is 20.3. The summed E-state index contributed by atoms with van der Waals surface area (Å²) >= 11 is 0. The van der Waals surface area contributed by atoms with Gasteiger partial charge in [0.15, 0.2) is 11.6 Å². The van der Waals surface area contributed by atoms with Crippen molar-refractivity contribution in [2.24, 2.45) is 0 Å². The first-order valence-electron chi connectivity index (χ1n) is 11.6. The lowest BCUT2D eigenvalue weighted by molar-refractivity contribution is -0.274. The fourth-order valence-corrected chi connectivity index (χ4v) is 9.84. The molecule has 0 saturated carbocycles. The number of aliphatic hydroxyl groups is 1. The predicted molar refractivity (Wildman–Crippen MR) is 132 cm³/mol. The van der Waals surface area contributed by atoms with E-state index in [4.69, 9.17) is 18.6 Å². The van der Waals surface area contributed by atoms with Gasteiger partial charge in [-0.2, -0.15) is 0 Å². The van der Waals surface area contributed by atoms with E-state index in [2.05, 4.69) is 75.9 Å². The second-order valence-corrected chi connectivity index (χ2v) is 14.8. The maximum atomic E-state index is 11.2. The Bertz CT molecular complexity index is 916. The average Bonchev–Trinajstić information content (AvgIpc) is 3.21. The van der Waals surface area contributed by atoms with Crippen LogP contribution in [0.5, 0.6) is 0 Å². The Labute approximate surface area is 198 Å². The second-order valence-electron chi connectivity index (χ2n) is 10.5. The van der Waals surface area contributed by atoms with E-state index in [1.54, 1.807) is 6.08 Å². The fourth-order valence-electron chi connectivity index (χ4n) is 5.27. The van der Waals surface area contributed by atoms with Crippen molar-refractivity contribution < 1.29 is 23.7 Å². The molecule has 0 bridgehead atoms. The summed E-state index contributed by atoms with van der Waals surface area (Å²) in [6, 6.07) is 21.0. The lowest BCUT2D eigenvalue weighted by atomic mass is 10.0. The maximum Gasteiger partial charge on any atom is 0.261 e. The van der Waals surface area contributed by atoms with Crippen LogP contribution in [-0.4, -0.2) is 49.9 Å². The molecule has 2 aromatic rings. The van der Waals surface area contributed by atoms with Crippen LogP contribution in [0.3, 0.4) is 0 Å². The first-order valence-corrected chi connectivity index (χ1v) is 13.5. The van der Waals surface area contributed by atoms with E-state index >= 15 is 0 Å². The van der Waals surface area contributed by atoms with Crippen molar-refractivity contribution in [1.29, 1.82) is 0 Å². The van der Waals surface area contributed by atoms with Crippen LogP contribution >= 0.6 is 0 Å². The van der Waals surface area contributed by atoms with E-state index in [0.717, 1.165) is 0 Å². The van der Waals surface area contributed by atoms with Crippen LogP contribution in [-0.2, 0) is 18.6 Å². The van der Waals surface area contributed by atoms with Gasteiger partial charge in [-0.05, 0) is 29.3 Å². The fraction of sp³-hybridized carbons (Fsp3) is 0.481. The molecule has 0 aromatic heterocycles. The number of ether oxygens (including phenoxy) is 3. The molecule has 4 rings (SSSR count). The normalized spacial score (nSPS) is 29.1. The van der Waals surface area contributed by atoms with E-state index < -0.39 is 38.2 Å². The molecule has 0 unspecified atom stereocenters. The summed E-state index contributed by atoms with van der Waals surface area (Å²) in [5.41, 5.74) is 0. The van der Waals surface area contributed by atoms with Crippen molar-refractivity contribution in [3.05, 3.63) is 73.3 Å². The smallest absolute Gasteiger partial charge is 0.261 e. The van der Waals surface area contributed by atoms with Gasteiger partial charge < -0.3 is 23.7 Å². The Hall–Kier alpha value is -1.80. The van der Waals surface area contributed by atoms with Gasteiger partial charge in [0.2, 0.25) is 0 Å². The molecule has 5 nitrogen and oxygen atoms in total. The highest BCUT2D eigenvalue weighted by atomic mass is 28.4. The standard InChI is InChI=1S/C27H36O5Si/c1-7-18-27(28)24-23(31-26(5,6)32-24)22(30-27)19-29-33(25(2,3)4,20-14-10-8-11-15-20)21-16-12-9-13-17-21/h7-17,22-24,28H,1,18-19H2,2-6H3/t22-,23-,24-,27+/m1/s1. The molecule has 0 amide bonds. The zero-order valence-corrected chi connectivity index (χ0v) is 21.3. The van der Waals surface area contributed by atoms with Gasteiger partial charge in [0, 0.05) is 6.42 Å². The summed E-state index contributed by atoms with van der Waals surface area (Å²) in [7, 11) is -2.74. The van der Waals surface area contributed by atoms with Gasteiger partial charge in [0.25, 0.3) is 8.32 Å². The lowest BCUT2D eigenvalue weighted by Crippen LogP contribution is -2.67. The number of hydrogen-bond acceptors (Lipinski definition) is 5. The Kier molecular flexibility index (Phi) is 6.46. The molecule has 0 radical (unpaired) electrons. The largest absolute Gasteiger partial charge is 0.405 e. The number of rotatable bonds is 7. The molecule has 1 N–H and O–H groups in total. The number of fused-ring (bicyclic) bond motifs is 1. The zero-order chi connectivity index (χ0) is 23.9.